The normalized spacial score (nSPS) is 16.5. The Hall–Kier alpha value is -2.33. The van der Waals surface area contributed by atoms with Gasteiger partial charge in [0, 0.05) is 24.0 Å². The van der Waals surface area contributed by atoms with Crippen LogP contribution >= 0.6 is 23.5 Å². The van der Waals surface area contributed by atoms with Gasteiger partial charge in [-0.1, -0.05) is 23.5 Å². The first-order valence-corrected chi connectivity index (χ1v) is 12.8. The number of thioether (sulfide) groups is 2. The first-order valence-electron chi connectivity index (χ1n) is 10.8. The van der Waals surface area contributed by atoms with Crippen LogP contribution in [-0.4, -0.2) is 53.9 Å². The Morgan fingerprint density at radius 2 is 2.00 bits per heavy atom. The fourth-order valence-corrected chi connectivity index (χ4v) is 5.55. The van der Waals surface area contributed by atoms with E-state index in [2.05, 4.69) is 27.1 Å². The number of likely N-dealkylation sites (tertiary alicyclic amines) is 1. The summed E-state index contributed by atoms with van der Waals surface area (Å²) in [6.45, 7) is 7.42. The molecule has 1 saturated heterocycles. The van der Waals surface area contributed by atoms with E-state index in [1.54, 1.807) is 6.26 Å². The number of carbonyl (C=O) groups excluding carboxylic acids is 1. The minimum absolute atomic E-state index is 0.161. The van der Waals surface area contributed by atoms with Crippen LogP contribution in [0.1, 0.15) is 49.2 Å². The second-order valence-electron chi connectivity index (χ2n) is 8.01. The summed E-state index contributed by atoms with van der Waals surface area (Å²) < 4.78 is 7.57. The highest BCUT2D eigenvalue weighted by atomic mass is 32.2. The van der Waals surface area contributed by atoms with E-state index in [1.165, 1.54) is 29.9 Å². The van der Waals surface area contributed by atoms with Gasteiger partial charge in [-0.05, 0) is 58.2 Å². The Labute approximate surface area is 196 Å². The van der Waals surface area contributed by atoms with Crippen LogP contribution in [-0.2, 0) is 17.1 Å². The van der Waals surface area contributed by atoms with Crippen LogP contribution in [0.5, 0.6) is 0 Å². The highest BCUT2D eigenvalue weighted by Gasteiger charge is 2.24. The lowest BCUT2D eigenvalue weighted by Crippen LogP contribution is -2.43. The molecule has 4 heterocycles. The van der Waals surface area contributed by atoms with E-state index >= 15 is 0 Å². The zero-order chi connectivity index (χ0) is 22.5. The van der Waals surface area contributed by atoms with Crippen molar-refractivity contribution in [3.63, 3.8) is 0 Å². The molecule has 170 valence electrons. The molecule has 1 aliphatic heterocycles. The lowest BCUT2D eigenvalue weighted by atomic mass is 10.0. The first kappa shape index (κ1) is 22.8. The lowest BCUT2D eigenvalue weighted by Gasteiger charge is -2.33. The van der Waals surface area contributed by atoms with Crippen LogP contribution < -0.4 is 0 Å². The molecule has 1 unspecified atom stereocenters. The maximum Gasteiger partial charge on any atom is 0.233 e. The Balaban J connectivity index is 1.47. The van der Waals surface area contributed by atoms with E-state index in [1.807, 2.05) is 41.5 Å². The maximum atomic E-state index is 12.8. The van der Waals surface area contributed by atoms with Gasteiger partial charge in [0.15, 0.2) is 10.3 Å². The van der Waals surface area contributed by atoms with Gasteiger partial charge in [0.05, 0.1) is 24.3 Å². The van der Waals surface area contributed by atoms with Crippen LogP contribution in [0, 0.1) is 13.8 Å². The van der Waals surface area contributed by atoms with Gasteiger partial charge < -0.3 is 9.32 Å². The molecular formula is C22H28N6O2S2. The average Bonchev–Trinajstić information content (AvgIpc) is 3.41. The molecular weight excluding hydrogens is 444 g/mol. The Morgan fingerprint density at radius 3 is 2.72 bits per heavy atom. The second kappa shape index (κ2) is 10.5. The van der Waals surface area contributed by atoms with Crippen molar-refractivity contribution in [3.8, 4) is 0 Å². The van der Waals surface area contributed by atoms with Crippen LogP contribution in [0.25, 0.3) is 0 Å². The van der Waals surface area contributed by atoms with Gasteiger partial charge in [0.1, 0.15) is 11.6 Å². The van der Waals surface area contributed by atoms with Gasteiger partial charge in [-0.15, -0.1) is 10.2 Å². The van der Waals surface area contributed by atoms with Crippen molar-refractivity contribution < 1.29 is 9.21 Å². The minimum atomic E-state index is 0.161. The van der Waals surface area contributed by atoms with Crippen molar-refractivity contribution >= 4 is 29.4 Å². The number of furan rings is 1. The van der Waals surface area contributed by atoms with Gasteiger partial charge in [0.25, 0.3) is 0 Å². The van der Waals surface area contributed by atoms with Gasteiger partial charge in [-0.3, -0.25) is 9.36 Å². The van der Waals surface area contributed by atoms with Crippen molar-refractivity contribution in [1.29, 1.82) is 0 Å². The molecule has 4 rings (SSSR count). The number of rotatable bonds is 8. The van der Waals surface area contributed by atoms with Crippen LogP contribution in [0.2, 0.25) is 0 Å². The SMILES string of the molecule is Cc1cc(C)nc(SCc2nnc(SCC(=O)N3CCCCC3C)n2Cc2ccco2)n1. The molecule has 3 aromatic rings. The summed E-state index contributed by atoms with van der Waals surface area (Å²) in [4.78, 5) is 23.8. The summed E-state index contributed by atoms with van der Waals surface area (Å²) in [6.07, 6.45) is 5.01. The lowest BCUT2D eigenvalue weighted by molar-refractivity contribution is -0.131. The number of amides is 1. The van der Waals surface area contributed by atoms with Crippen LogP contribution in [0.15, 0.2) is 39.2 Å². The Kier molecular flexibility index (Phi) is 7.51. The number of piperidine rings is 1. The third kappa shape index (κ3) is 5.72. The van der Waals surface area contributed by atoms with Gasteiger partial charge in [-0.25, -0.2) is 9.97 Å². The van der Waals surface area contributed by atoms with E-state index in [4.69, 9.17) is 4.42 Å². The molecule has 3 aromatic heterocycles. The third-order valence-electron chi connectivity index (χ3n) is 5.43. The maximum absolute atomic E-state index is 12.8. The van der Waals surface area contributed by atoms with Crippen molar-refractivity contribution in [3.05, 3.63) is 47.4 Å². The zero-order valence-electron chi connectivity index (χ0n) is 18.7. The molecule has 32 heavy (non-hydrogen) atoms. The summed E-state index contributed by atoms with van der Waals surface area (Å²) in [6, 6.07) is 6.06. The van der Waals surface area contributed by atoms with Crippen molar-refractivity contribution in [2.24, 2.45) is 0 Å². The molecule has 1 aliphatic rings. The average molecular weight is 473 g/mol. The van der Waals surface area contributed by atoms with Crippen molar-refractivity contribution in [1.82, 2.24) is 29.6 Å². The smallest absolute Gasteiger partial charge is 0.233 e. The second-order valence-corrected chi connectivity index (χ2v) is 9.89. The quantitative estimate of drug-likeness (QED) is 0.357. The van der Waals surface area contributed by atoms with Crippen molar-refractivity contribution in [2.45, 2.75) is 68.7 Å². The number of hydrogen-bond donors (Lipinski definition) is 0. The fourth-order valence-electron chi connectivity index (χ4n) is 3.81. The number of hydrogen-bond acceptors (Lipinski definition) is 8. The monoisotopic (exact) mass is 472 g/mol. The number of nitrogens with zero attached hydrogens (tertiary/aromatic N) is 6. The van der Waals surface area contributed by atoms with E-state index in [0.29, 0.717) is 24.1 Å². The molecule has 10 heteroatoms. The molecule has 0 saturated carbocycles. The first-order chi connectivity index (χ1) is 15.5. The molecule has 0 aromatic carbocycles. The molecule has 0 radical (unpaired) electrons. The number of aromatic nitrogens is 5. The fraction of sp³-hybridized carbons (Fsp3) is 0.500. The van der Waals surface area contributed by atoms with E-state index in [-0.39, 0.29) is 5.91 Å². The molecule has 1 atom stereocenters. The highest BCUT2D eigenvalue weighted by molar-refractivity contribution is 7.99. The summed E-state index contributed by atoms with van der Waals surface area (Å²) >= 11 is 2.96. The summed E-state index contributed by atoms with van der Waals surface area (Å²) in [5, 5.41) is 10.2. The molecule has 0 bridgehead atoms. The largest absolute Gasteiger partial charge is 0.467 e. The molecule has 1 amide bonds. The molecule has 0 spiro atoms. The van der Waals surface area contributed by atoms with Gasteiger partial charge in [-0.2, -0.15) is 0 Å². The summed E-state index contributed by atoms with van der Waals surface area (Å²) in [5.74, 6) is 2.71. The molecule has 0 N–H and O–H groups in total. The zero-order valence-corrected chi connectivity index (χ0v) is 20.3. The third-order valence-corrected chi connectivity index (χ3v) is 7.22. The Bertz CT molecular complexity index is 1030. The van der Waals surface area contributed by atoms with Crippen LogP contribution in [0.4, 0.5) is 0 Å². The predicted octanol–water partition coefficient (Wildman–Crippen LogP) is 4.11. The topological polar surface area (TPSA) is 89.9 Å². The summed E-state index contributed by atoms with van der Waals surface area (Å²) in [5.41, 5.74) is 1.89. The molecule has 8 nitrogen and oxygen atoms in total. The number of carbonyl (C=O) groups is 1. The van der Waals surface area contributed by atoms with Crippen molar-refractivity contribution in [2.75, 3.05) is 12.3 Å². The Morgan fingerprint density at radius 1 is 1.19 bits per heavy atom. The predicted molar refractivity (Wildman–Crippen MR) is 125 cm³/mol. The van der Waals surface area contributed by atoms with E-state index in [0.717, 1.165) is 52.7 Å². The summed E-state index contributed by atoms with van der Waals surface area (Å²) in [7, 11) is 0. The van der Waals surface area contributed by atoms with Gasteiger partial charge >= 0.3 is 0 Å². The van der Waals surface area contributed by atoms with E-state index < -0.39 is 0 Å². The van der Waals surface area contributed by atoms with Gasteiger partial charge in [0.2, 0.25) is 5.91 Å². The van der Waals surface area contributed by atoms with E-state index in [9.17, 15) is 4.79 Å². The highest BCUT2D eigenvalue weighted by Crippen LogP contribution is 2.25. The minimum Gasteiger partial charge on any atom is -0.467 e. The molecule has 0 aliphatic carbocycles. The van der Waals surface area contributed by atoms with Crippen LogP contribution in [0.3, 0.4) is 0 Å². The molecule has 1 fully saturated rings. The standard InChI is InChI=1S/C22H28N6O2S2/c1-15-11-16(2)24-21(23-15)31-13-19-25-26-22(28(19)12-18-8-6-10-30-18)32-14-20(29)27-9-5-4-7-17(27)3/h6,8,10-11,17H,4-5,7,9,12-14H2,1-3H3. The number of aryl methyl sites for hydroxylation is 2.